The molecule has 0 aliphatic heterocycles. The highest BCUT2D eigenvalue weighted by Crippen LogP contribution is 2.27. The molecule has 0 saturated carbocycles. The molecule has 0 aromatic heterocycles. The highest BCUT2D eigenvalue weighted by atomic mass is 16.5. The quantitative estimate of drug-likeness (QED) is 0.387. The second-order valence-corrected chi connectivity index (χ2v) is 7.32. The summed E-state index contributed by atoms with van der Waals surface area (Å²) in [5, 5.41) is 19.3. The third kappa shape index (κ3) is 7.54. The van der Waals surface area contributed by atoms with Gasteiger partial charge in [0.2, 0.25) is 0 Å². The second kappa shape index (κ2) is 12.1. The summed E-state index contributed by atoms with van der Waals surface area (Å²) in [4.78, 5) is 24.6. The van der Waals surface area contributed by atoms with Gasteiger partial charge in [-0.05, 0) is 60.0 Å². The van der Waals surface area contributed by atoms with Gasteiger partial charge in [-0.25, -0.2) is 0 Å². The normalized spacial score (nSPS) is 13.0. The molecule has 0 bridgehead atoms. The first-order valence-electron chi connectivity index (χ1n) is 10.3. The van der Waals surface area contributed by atoms with Gasteiger partial charge in [-0.3, -0.25) is 9.59 Å². The standard InChI is InChI=1S/C27H28O6/c1-18(22(28)12-8-20-10-14-24(30)26(16-20)32-3)6-5-7-19(2)23(29)13-9-21-11-15-25(31)27(17-21)33-4/h5-18,30-31H,1-4H3/b6-5+,12-8+,13-9+,19-7+. The number of aromatic hydroxyl groups is 2. The number of carbonyl (C=O) groups is 2. The average Bonchev–Trinajstić information content (AvgIpc) is 2.82. The van der Waals surface area contributed by atoms with Crippen LogP contribution in [0.5, 0.6) is 23.0 Å². The summed E-state index contributed by atoms with van der Waals surface area (Å²) < 4.78 is 10.1. The Morgan fingerprint density at radius 3 is 1.91 bits per heavy atom. The third-order valence-corrected chi connectivity index (χ3v) is 4.86. The maximum absolute atomic E-state index is 12.3. The molecule has 0 spiro atoms. The topological polar surface area (TPSA) is 93.1 Å². The molecule has 1 atom stereocenters. The number of rotatable bonds is 10. The summed E-state index contributed by atoms with van der Waals surface area (Å²) in [7, 11) is 2.92. The van der Waals surface area contributed by atoms with Crippen LogP contribution in [0.15, 0.2) is 72.4 Å². The number of allylic oxidation sites excluding steroid dienone is 6. The van der Waals surface area contributed by atoms with Crippen molar-refractivity contribution >= 4 is 23.7 Å². The zero-order chi connectivity index (χ0) is 24.4. The Bertz CT molecular complexity index is 1120. The van der Waals surface area contributed by atoms with Crippen LogP contribution >= 0.6 is 0 Å². The molecule has 0 fully saturated rings. The van der Waals surface area contributed by atoms with Gasteiger partial charge in [0, 0.05) is 5.92 Å². The van der Waals surface area contributed by atoms with Crippen molar-refractivity contribution in [1.82, 2.24) is 0 Å². The first kappa shape index (κ1) is 25.2. The van der Waals surface area contributed by atoms with Crippen LogP contribution in [0.25, 0.3) is 12.2 Å². The molecule has 6 heteroatoms. The molecule has 0 radical (unpaired) electrons. The van der Waals surface area contributed by atoms with Gasteiger partial charge in [0.05, 0.1) is 14.2 Å². The van der Waals surface area contributed by atoms with Gasteiger partial charge < -0.3 is 19.7 Å². The first-order chi connectivity index (χ1) is 15.7. The lowest BCUT2D eigenvalue weighted by molar-refractivity contribution is -0.116. The van der Waals surface area contributed by atoms with E-state index in [2.05, 4.69) is 0 Å². The molecule has 0 aliphatic carbocycles. The number of hydrogen-bond acceptors (Lipinski definition) is 6. The summed E-state index contributed by atoms with van der Waals surface area (Å²) >= 11 is 0. The summed E-state index contributed by atoms with van der Waals surface area (Å²) in [5.41, 5.74) is 1.96. The van der Waals surface area contributed by atoms with Crippen LogP contribution in [-0.4, -0.2) is 36.0 Å². The van der Waals surface area contributed by atoms with E-state index in [4.69, 9.17) is 9.47 Å². The number of hydrogen-bond donors (Lipinski definition) is 2. The minimum absolute atomic E-state index is 0.0310. The lowest BCUT2D eigenvalue weighted by Gasteiger charge is -2.04. The highest BCUT2D eigenvalue weighted by molar-refractivity contribution is 6.06. The largest absolute Gasteiger partial charge is 0.504 e. The van der Waals surface area contributed by atoms with Crippen LogP contribution in [0.1, 0.15) is 25.0 Å². The number of phenols is 2. The van der Waals surface area contributed by atoms with Crippen LogP contribution in [0.4, 0.5) is 0 Å². The number of carbonyl (C=O) groups excluding carboxylic acids is 2. The fraction of sp³-hybridized carbons (Fsp3) is 0.185. The number of ketones is 2. The monoisotopic (exact) mass is 448 g/mol. The third-order valence-electron chi connectivity index (χ3n) is 4.86. The summed E-state index contributed by atoms with van der Waals surface area (Å²) in [6, 6.07) is 9.63. The molecule has 2 rings (SSSR count). The van der Waals surface area contributed by atoms with E-state index in [1.165, 1.54) is 38.5 Å². The molecule has 33 heavy (non-hydrogen) atoms. The minimum Gasteiger partial charge on any atom is -0.504 e. The van der Waals surface area contributed by atoms with Crippen molar-refractivity contribution in [1.29, 1.82) is 0 Å². The van der Waals surface area contributed by atoms with Crippen LogP contribution in [0.2, 0.25) is 0 Å². The fourth-order valence-corrected chi connectivity index (χ4v) is 2.77. The molecule has 1 unspecified atom stereocenters. The Kier molecular flexibility index (Phi) is 9.24. The predicted molar refractivity (Wildman–Crippen MR) is 129 cm³/mol. The Balaban J connectivity index is 1.96. The van der Waals surface area contributed by atoms with Crippen LogP contribution in [-0.2, 0) is 9.59 Å². The van der Waals surface area contributed by atoms with Crippen molar-refractivity contribution in [3.05, 3.63) is 83.5 Å². The smallest absolute Gasteiger partial charge is 0.181 e. The van der Waals surface area contributed by atoms with Gasteiger partial charge in [-0.2, -0.15) is 0 Å². The molecule has 2 aromatic rings. The van der Waals surface area contributed by atoms with E-state index >= 15 is 0 Å². The maximum atomic E-state index is 12.3. The predicted octanol–water partition coefficient (Wildman–Crippen LogP) is 5.12. The molecular weight excluding hydrogens is 420 g/mol. The first-order valence-corrected chi connectivity index (χ1v) is 10.3. The Morgan fingerprint density at radius 1 is 0.879 bits per heavy atom. The van der Waals surface area contributed by atoms with Crippen molar-refractivity contribution in [3.8, 4) is 23.0 Å². The van der Waals surface area contributed by atoms with E-state index in [1.807, 2.05) is 0 Å². The lowest BCUT2D eigenvalue weighted by atomic mass is 10.0. The van der Waals surface area contributed by atoms with Crippen LogP contribution in [0, 0.1) is 5.92 Å². The molecule has 0 saturated heterocycles. The summed E-state index contributed by atoms with van der Waals surface area (Å²) in [6.45, 7) is 3.46. The molecular formula is C27H28O6. The van der Waals surface area contributed by atoms with Gasteiger partial charge in [0.15, 0.2) is 34.6 Å². The number of benzene rings is 2. The molecule has 0 heterocycles. The van der Waals surface area contributed by atoms with Crippen molar-refractivity contribution < 1.29 is 29.3 Å². The van der Waals surface area contributed by atoms with Gasteiger partial charge in [0.1, 0.15) is 0 Å². The van der Waals surface area contributed by atoms with E-state index in [-0.39, 0.29) is 29.0 Å². The van der Waals surface area contributed by atoms with Crippen LogP contribution in [0.3, 0.4) is 0 Å². The van der Waals surface area contributed by atoms with Gasteiger partial charge in [-0.15, -0.1) is 0 Å². The zero-order valence-electron chi connectivity index (χ0n) is 19.1. The van der Waals surface area contributed by atoms with E-state index in [0.717, 1.165) is 11.1 Å². The summed E-state index contributed by atoms with van der Waals surface area (Å²) in [6.07, 6.45) is 11.3. The number of phenolic OH excluding ortho intramolecular Hbond substituents is 2. The Morgan fingerprint density at radius 2 is 1.39 bits per heavy atom. The van der Waals surface area contributed by atoms with Gasteiger partial charge in [0.25, 0.3) is 0 Å². The average molecular weight is 449 g/mol. The second-order valence-electron chi connectivity index (χ2n) is 7.32. The molecule has 6 nitrogen and oxygen atoms in total. The minimum atomic E-state index is -0.376. The van der Waals surface area contributed by atoms with E-state index in [9.17, 15) is 19.8 Å². The van der Waals surface area contributed by atoms with E-state index < -0.39 is 0 Å². The SMILES string of the molecule is COc1cc(/C=C/C(=O)/C(C)=C/C=C/C(C)C(=O)/C=C/c2ccc(O)c(OC)c2)ccc1O. The Hall–Kier alpha value is -4.06. The van der Waals surface area contributed by atoms with Crippen molar-refractivity contribution in [3.63, 3.8) is 0 Å². The fourth-order valence-electron chi connectivity index (χ4n) is 2.77. The lowest BCUT2D eigenvalue weighted by Crippen LogP contribution is -2.04. The molecule has 0 amide bonds. The highest BCUT2D eigenvalue weighted by Gasteiger charge is 2.07. The molecule has 172 valence electrons. The zero-order valence-corrected chi connectivity index (χ0v) is 19.1. The number of methoxy groups -OCH3 is 2. The van der Waals surface area contributed by atoms with E-state index in [1.54, 1.807) is 68.5 Å². The van der Waals surface area contributed by atoms with Crippen molar-refractivity contribution in [2.45, 2.75) is 13.8 Å². The van der Waals surface area contributed by atoms with E-state index in [0.29, 0.717) is 17.1 Å². The summed E-state index contributed by atoms with van der Waals surface area (Å²) in [5.74, 6) is 0.0803. The van der Waals surface area contributed by atoms with Gasteiger partial charge >= 0.3 is 0 Å². The van der Waals surface area contributed by atoms with Crippen LogP contribution < -0.4 is 9.47 Å². The molecule has 0 aliphatic rings. The molecule has 2 aromatic carbocycles. The maximum Gasteiger partial charge on any atom is 0.181 e. The Labute approximate surface area is 193 Å². The van der Waals surface area contributed by atoms with Crippen molar-refractivity contribution in [2.75, 3.05) is 14.2 Å². The number of ether oxygens (including phenoxy) is 2. The molecule has 2 N–H and O–H groups in total. The van der Waals surface area contributed by atoms with Crippen molar-refractivity contribution in [2.24, 2.45) is 5.92 Å². The van der Waals surface area contributed by atoms with Gasteiger partial charge in [-0.1, -0.05) is 49.4 Å².